The minimum absolute atomic E-state index is 0.201. The molecule has 1 saturated heterocycles. The molecule has 0 spiro atoms. The van der Waals surface area contributed by atoms with Crippen LogP contribution in [0.15, 0.2) is 47.7 Å². The molecule has 1 aliphatic rings. The number of anilines is 1. The number of piperazine rings is 1. The van der Waals surface area contributed by atoms with E-state index in [1.807, 2.05) is 0 Å². The molecule has 1 aromatic carbocycles. The number of alkyl halides is 5. The normalized spacial score (nSPS) is 15.2. The summed E-state index contributed by atoms with van der Waals surface area (Å²) in [6, 6.07) is 6.40. The number of amides is 1. The molecule has 1 amide bonds. The van der Waals surface area contributed by atoms with Crippen molar-refractivity contribution in [3.05, 3.63) is 69.9 Å². The number of methoxy groups -OCH3 is 1. The first-order valence-electron chi connectivity index (χ1n) is 13.7. The molecule has 17 heteroatoms. The van der Waals surface area contributed by atoms with E-state index in [-0.39, 0.29) is 37.8 Å². The molecule has 244 valence electrons. The van der Waals surface area contributed by atoms with E-state index in [9.17, 15) is 36.6 Å². The maximum Gasteiger partial charge on any atom is 0.425 e. The van der Waals surface area contributed by atoms with Crippen molar-refractivity contribution in [1.29, 1.82) is 0 Å². The number of carbonyl (C=O) groups is 1. The Kier molecular flexibility index (Phi) is 10.9. The molecule has 0 radical (unpaired) electrons. The number of halogens is 5. The molecular formula is C28H31F5N6O6. The summed E-state index contributed by atoms with van der Waals surface area (Å²) in [5.74, 6) is -0.624. The van der Waals surface area contributed by atoms with Gasteiger partial charge in [0.2, 0.25) is 5.95 Å². The molecular weight excluding hydrogens is 611 g/mol. The molecule has 2 aromatic heterocycles. The number of rotatable bonds is 12. The van der Waals surface area contributed by atoms with Crippen LogP contribution in [-0.2, 0) is 22.3 Å². The van der Waals surface area contributed by atoms with Gasteiger partial charge in [-0.2, -0.15) is 18.3 Å². The molecule has 1 aliphatic heterocycles. The minimum atomic E-state index is -5.04. The summed E-state index contributed by atoms with van der Waals surface area (Å²) in [5, 5.41) is 14.2. The van der Waals surface area contributed by atoms with Gasteiger partial charge in [0.05, 0.1) is 38.6 Å². The van der Waals surface area contributed by atoms with E-state index in [1.54, 1.807) is 29.2 Å². The quantitative estimate of drug-likeness (QED) is 0.294. The lowest BCUT2D eigenvalue weighted by atomic mass is 10.2. The van der Waals surface area contributed by atoms with Crippen LogP contribution in [0.2, 0.25) is 0 Å². The Labute approximate surface area is 254 Å². The van der Waals surface area contributed by atoms with Gasteiger partial charge in [0, 0.05) is 38.6 Å². The number of carbonyl (C=O) groups excluding carboxylic acids is 1. The zero-order valence-corrected chi connectivity index (χ0v) is 24.3. The van der Waals surface area contributed by atoms with Crippen molar-refractivity contribution in [2.24, 2.45) is 0 Å². The number of aliphatic hydroxyl groups is 1. The van der Waals surface area contributed by atoms with Gasteiger partial charge in [-0.15, -0.1) is 0 Å². The highest BCUT2D eigenvalue weighted by atomic mass is 19.4. The van der Waals surface area contributed by atoms with Crippen molar-refractivity contribution in [1.82, 2.24) is 24.6 Å². The first-order valence-corrected chi connectivity index (χ1v) is 13.7. The van der Waals surface area contributed by atoms with E-state index in [0.29, 0.717) is 29.1 Å². The topological polar surface area (TPSA) is 132 Å². The molecule has 4 rings (SSSR count). The largest absolute Gasteiger partial charge is 0.497 e. The lowest BCUT2D eigenvalue weighted by Crippen LogP contribution is -2.52. The van der Waals surface area contributed by atoms with Crippen LogP contribution in [0, 0.1) is 0 Å². The summed E-state index contributed by atoms with van der Waals surface area (Å²) in [6.45, 7) is 1.41. The summed E-state index contributed by atoms with van der Waals surface area (Å²) in [4.78, 5) is 36.4. The van der Waals surface area contributed by atoms with Crippen molar-refractivity contribution in [3.63, 3.8) is 0 Å². The van der Waals surface area contributed by atoms with Crippen LogP contribution in [0.3, 0.4) is 0 Å². The first kappa shape index (κ1) is 33.5. The Bertz CT molecular complexity index is 1480. The first-order chi connectivity index (χ1) is 21.4. The van der Waals surface area contributed by atoms with E-state index in [0.717, 1.165) is 18.6 Å². The Morgan fingerprint density at radius 2 is 1.67 bits per heavy atom. The summed E-state index contributed by atoms with van der Waals surface area (Å²) in [6.07, 6.45) is -7.41. The minimum Gasteiger partial charge on any atom is -0.497 e. The van der Waals surface area contributed by atoms with Crippen molar-refractivity contribution in [3.8, 4) is 11.5 Å². The molecule has 0 aliphatic carbocycles. The Morgan fingerprint density at radius 3 is 2.24 bits per heavy atom. The van der Waals surface area contributed by atoms with E-state index in [2.05, 4.69) is 15.1 Å². The highest BCUT2D eigenvalue weighted by Gasteiger charge is 2.39. The third-order valence-corrected chi connectivity index (χ3v) is 6.81. The van der Waals surface area contributed by atoms with Gasteiger partial charge in [-0.1, -0.05) is 12.1 Å². The van der Waals surface area contributed by atoms with Gasteiger partial charge >= 0.3 is 6.18 Å². The fourth-order valence-electron chi connectivity index (χ4n) is 4.45. The summed E-state index contributed by atoms with van der Waals surface area (Å²) in [5.41, 5.74) is -2.69. The second-order valence-corrected chi connectivity index (χ2v) is 10.1. The molecule has 2 unspecified atom stereocenters. The molecule has 0 bridgehead atoms. The summed E-state index contributed by atoms with van der Waals surface area (Å²) < 4.78 is 83.5. The average molecular weight is 643 g/mol. The Hall–Kier alpha value is -4.38. The number of aliphatic hydroxyl groups excluding tert-OH is 1. The fourth-order valence-corrected chi connectivity index (χ4v) is 4.45. The van der Waals surface area contributed by atoms with Crippen molar-refractivity contribution in [2.75, 3.05) is 51.4 Å². The fraction of sp³-hybridized carbons (Fsp3) is 0.464. The van der Waals surface area contributed by atoms with E-state index in [1.165, 1.54) is 18.9 Å². The summed E-state index contributed by atoms with van der Waals surface area (Å²) >= 11 is 0. The second kappa shape index (κ2) is 14.6. The SMILES string of the molecule is COc1ccc(Cn2ncc(OC(C)COCC(O)C(=O)N3CCN(c4ncc(C(F)F)cn4)CC3)c(C(F)(F)F)c2=O)cc1. The Morgan fingerprint density at radius 1 is 1.02 bits per heavy atom. The third kappa shape index (κ3) is 8.63. The molecule has 1 fully saturated rings. The predicted octanol–water partition coefficient (Wildman–Crippen LogP) is 2.54. The number of ether oxygens (including phenoxy) is 3. The highest BCUT2D eigenvalue weighted by Crippen LogP contribution is 2.33. The zero-order chi connectivity index (χ0) is 32.7. The van der Waals surface area contributed by atoms with Crippen LogP contribution in [0.1, 0.15) is 30.0 Å². The number of hydrogen-bond acceptors (Lipinski definition) is 10. The lowest BCUT2D eigenvalue weighted by molar-refractivity contribution is -0.145. The smallest absolute Gasteiger partial charge is 0.425 e. The van der Waals surface area contributed by atoms with Gasteiger partial charge in [-0.3, -0.25) is 9.59 Å². The zero-order valence-electron chi connectivity index (χ0n) is 24.3. The molecule has 3 aromatic rings. The second-order valence-electron chi connectivity index (χ2n) is 10.1. The molecule has 45 heavy (non-hydrogen) atoms. The van der Waals surface area contributed by atoms with Crippen LogP contribution < -0.4 is 19.9 Å². The van der Waals surface area contributed by atoms with Crippen LogP contribution in [0.5, 0.6) is 11.5 Å². The molecule has 1 N–H and O–H groups in total. The standard InChI is InChI=1S/C28H31F5N6O6/c1-17(45-22-13-36-39(26(42)23(22)28(31,32)33)14-18-3-5-20(43-2)6-4-18)15-44-16-21(40)25(41)37-7-9-38(10-8-37)27-34-11-19(12-35-27)24(29)30/h3-6,11-13,17,21,24,40H,7-10,14-16H2,1-2H3. The van der Waals surface area contributed by atoms with E-state index < -0.39 is 54.2 Å². The van der Waals surface area contributed by atoms with Gasteiger partial charge in [0.15, 0.2) is 17.4 Å². The Balaban J connectivity index is 1.28. The van der Waals surface area contributed by atoms with Gasteiger partial charge in [-0.05, 0) is 24.6 Å². The molecule has 2 atom stereocenters. The van der Waals surface area contributed by atoms with Gasteiger partial charge in [-0.25, -0.2) is 23.4 Å². The third-order valence-electron chi connectivity index (χ3n) is 6.81. The van der Waals surface area contributed by atoms with Crippen LogP contribution >= 0.6 is 0 Å². The van der Waals surface area contributed by atoms with Crippen LogP contribution in [0.25, 0.3) is 0 Å². The number of aromatic nitrogens is 4. The summed E-state index contributed by atoms with van der Waals surface area (Å²) in [7, 11) is 1.47. The number of benzene rings is 1. The lowest BCUT2D eigenvalue weighted by Gasteiger charge is -2.35. The van der Waals surface area contributed by atoms with Crippen LogP contribution in [-0.4, -0.2) is 94.4 Å². The van der Waals surface area contributed by atoms with Crippen molar-refractivity contribution in [2.45, 2.75) is 38.3 Å². The molecule has 0 saturated carbocycles. The van der Waals surface area contributed by atoms with Gasteiger partial charge in [0.25, 0.3) is 17.9 Å². The molecule has 12 nitrogen and oxygen atoms in total. The van der Waals surface area contributed by atoms with E-state index in [4.69, 9.17) is 14.2 Å². The molecule has 3 heterocycles. The monoisotopic (exact) mass is 642 g/mol. The van der Waals surface area contributed by atoms with Crippen molar-refractivity contribution >= 4 is 11.9 Å². The predicted molar refractivity (Wildman–Crippen MR) is 148 cm³/mol. The van der Waals surface area contributed by atoms with E-state index >= 15 is 0 Å². The maximum atomic E-state index is 13.9. The van der Waals surface area contributed by atoms with Gasteiger partial charge in [0.1, 0.15) is 11.9 Å². The number of nitrogens with zero attached hydrogens (tertiary/aromatic N) is 6. The van der Waals surface area contributed by atoms with Crippen molar-refractivity contribution < 1.29 is 46.1 Å². The maximum absolute atomic E-state index is 13.9. The van der Waals surface area contributed by atoms with Gasteiger partial charge < -0.3 is 29.1 Å². The highest BCUT2D eigenvalue weighted by molar-refractivity contribution is 5.81. The number of hydrogen-bond donors (Lipinski definition) is 1. The van der Waals surface area contributed by atoms with Crippen LogP contribution in [0.4, 0.5) is 27.9 Å². The average Bonchev–Trinajstić information content (AvgIpc) is 3.01.